The van der Waals surface area contributed by atoms with Crippen molar-refractivity contribution in [2.24, 2.45) is 5.92 Å². The highest BCUT2D eigenvalue weighted by molar-refractivity contribution is 6.01. The summed E-state index contributed by atoms with van der Waals surface area (Å²) in [6, 6.07) is 14.3. The fraction of sp³-hybridized carbons (Fsp3) is 0.529. The Labute approximate surface area is 262 Å². The summed E-state index contributed by atoms with van der Waals surface area (Å²) in [7, 11) is 0. The first-order chi connectivity index (χ1) is 20.8. The number of nitrogens with two attached hydrogens (primary N) is 1. The van der Waals surface area contributed by atoms with Crippen LogP contribution in [0.3, 0.4) is 0 Å². The molecular weight excluding hydrogens is 558 g/mol. The van der Waals surface area contributed by atoms with Crippen LogP contribution < -0.4 is 27.0 Å². The highest BCUT2D eigenvalue weighted by atomic mass is 16.6. The van der Waals surface area contributed by atoms with E-state index < -0.39 is 47.5 Å². The SMILES string of the molecule is CCCC[C@H](NC(=O)OC(C)(C)C)C(=O)N[C@@H](Cc1ccc(N)cc1)C(=O)NC(=O)[C@H](CC(C)C)NCCc1ccccc1. The van der Waals surface area contributed by atoms with Gasteiger partial charge < -0.3 is 26.4 Å². The van der Waals surface area contributed by atoms with Crippen molar-refractivity contribution in [3.05, 3.63) is 65.7 Å². The van der Waals surface area contributed by atoms with Crippen molar-refractivity contribution in [2.45, 2.75) is 104 Å². The van der Waals surface area contributed by atoms with Gasteiger partial charge in [0, 0.05) is 12.1 Å². The number of ether oxygens (including phenoxy) is 1. The number of benzene rings is 2. The molecule has 6 N–H and O–H groups in total. The van der Waals surface area contributed by atoms with E-state index in [0.29, 0.717) is 31.5 Å². The number of hydrogen-bond acceptors (Lipinski definition) is 7. The van der Waals surface area contributed by atoms with E-state index in [4.69, 9.17) is 10.5 Å². The van der Waals surface area contributed by atoms with Gasteiger partial charge in [0.15, 0.2) is 0 Å². The van der Waals surface area contributed by atoms with E-state index in [0.717, 1.165) is 24.0 Å². The average Bonchev–Trinajstić information content (AvgIpc) is 2.94. The van der Waals surface area contributed by atoms with Gasteiger partial charge in [0.05, 0.1) is 6.04 Å². The number of anilines is 1. The Morgan fingerprint density at radius 1 is 0.818 bits per heavy atom. The molecule has 0 unspecified atom stereocenters. The molecule has 3 atom stereocenters. The van der Waals surface area contributed by atoms with Gasteiger partial charge in [0.2, 0.25) is 17.7 Å². The van der Waals surface area contributed by atoms with Gasteiger partial charge in [-0.05, 0) is 75.8 Å². The molecule has 0 spiro atoms. The molecule has 0 radical (unpaired) electrons. The topological polar surface area (TPSA) is 152 Å². The van der Waals surface area contributed by atoms with E-state index in [-0.39, 0.29) is 12.3 Å². The highest BCUT2D eigenvalue weighted by Crippen LogP contribution is 2.12. The summed E-state index contributed by atoms with van der Waals surface area (Å²) in [5, 5.41) is 11.3. The van der Waals surface area contributed by atoms with Gasteiger partial charge in [-0.15, -0.1) is 0 Å². The van der Waals surface area contributed by atoms with Crippen molar-refractivity contribution in [3.8, 4) is 0 Å². The smallest absolute Gasteiger partial charge is 0.408 e. The summed E-state index contributed by atoms with van der Waals surface area (Å²) in [6.45, 7) is 11.8. The zero-order valence-corrected chi connectivity index (χ0v) is 27.1. The number of carbonyl (C=O) groups is 4. The maximum Gasteiger partial charge on any atom is 0.408 e. The van der Waals surface area contributed by atoms with Crippen LogP contribution >= 0.6 is 0 Å². The minimum absolute atomic E-state index is 0.119. The summed E-state index contributed by atoms with van der Waals surface area (Å²) in [4.78, 5) is 52.9. The lowest BCUT2D eigenvalue weighted by Crippen LogP contribution is -2.57. The van der Waals surface area contributed by atoms with E-state index in [1.165, 1.54) is 0 Å². The number of unbranched alkanes of at least 4 members (excludes halogenated alkanes) is 1. The van der Waals surface area contributed by atoms with Crippen LogP contribution in [0.25, 0.3) is 0 Å². The predicted molar refractivity (Wildman–Crippen MR) is 174 cm³/mol. The van der Waals surface area contributed by atoms with Crippen LogP contribution in [-0.2, 0) is 32.0 Å². The highest BCUT2D eigenvalue weighted by Gasteiger charge is 2.30. The van der Waals surface area contributed by atoms with Crippen LogP contribution in [0.15, 0.2) is 54.6 Å². The maximum atomic E-state index is 13.6. The lowest BCUT2D eigenvalue weighted by molar-refractivity contribution is -0.135. The molecule has 0 aromatic heterocycles. The number of rotatable bonds is 16. The van der Waals surface area contributed by atoms with E-state index in [1.54, 1.807) is 45.0 Å². The molecule has 0 saturated carbocycles. The largest absolute Gasteiger partial charge is 0.444 e. The maximum absolute atomic E-state index is 13.6. The summed E-state index contributed by atoms with van der Waals surface area (Å²) in [6.07, 6.45) is 2.50. The molecule has 44 heavy (non-hydrogen) atoms. The van der Waals surface area contributed by atoms with Crippen molar-refractivity contribution in [1.29, 1.82) is 0 Å². The number of nitrogen functional groups attached to an aromatic ring is 1. The molecule has 0 bridgehead atoms. The Morgan fingerprint density at radius 3 is 2.05 bits per heavy atom. The summed E-state index contributed by atoms with van der Waals surface area (Å²) >= 11 is 0. The number of alkyl carbamates (subject to hydrolysis) is 1. The Hall–Kier alpha value is -3.92. The van der Waals surface area contributed by atoms with Crippen molar-refractivity contribution >= 4 is 29.5 Å². The molecule has 242 valence electrons. The third-order valence-electron chi connectivity index (χ3n) is 6.82. The molecule has 0 aliphatic rings. The fourth-order valence-corrected chi connectivity index (χ4v) is 4.58. The zero-order valence-electron chi connectivity index (χ0n) is 27.1. The Kier molecular flexibility index (Phi) is 14.9. The van der Waals surface area contributed by atoms with Gasteiger partial charge >= 0.3 is 6.09 Å². The van der Waals surface area contributed by atoms with Gasteiger partial charge in [-0.1, -0.05) is 76.1 Å². The normalized spacial score (nSPS) is 13.4. The first kappa shape index (κ1) is 36.3. The number of imide groups is 1. The van der Waals surface area contributed by atoms with Gasteiger partial charge in [0.25, 0.3) is 0 Å². The first-order valence-corrected chi connectivity index (χ1v) is 15.5. The van der Waals surface area contributed by atoms with Gasteiger partial charge in [-0.2, -0.15) is 0 Å². The standard InChI is InChI=1S/C34H51N5O5/c1-7-8-14-27(38-33(43)44-34(4,5)6)30(40)37-29(22-25-15-17-26(35)18-16-25)32(42)39-31(41)28(21-23(2)3)36-20-19-24-12-10-9-11-13-24/h9-13,15-18,23,27-29,36H,7-8,14,19-22,35H2,1-6H3,(H,37,40)(H,38,43)(H,39,41,42)/t27-,28-,29-/m0/s1. The molecular formula is C34H51N5O5. The molecule has 0 heterocycles. The van der Waals surface area contributed by atoms with Crippen LogP contribution in [0.5, 0.6) is 0 Å². The molecule has 4 amide bonds. The molecule has 2 aromatic rings. The molecule has 0 fully saturated rings. The quantitative estimate of drug-likeness (QED) is 0.178. The van der Waals surface area contributed by atoms with Crippen LogP contribution in [0.4, 0.5) is 10.5 Å². The molecule has 0 aliphatic heterocycles. The van der Waals surface area contributed by atoms with Gasteiger partial charge in [-0.3, -0.25) is 19.7 Å². The number of carbonyl (C=O) groups excluding carboxylic acids is 4. The second-order valence-corrected chi connectivity index (χ2v) is 12.6. The molecule has 10 nitrogen and oxygen atoms in total. The Bertz CT molecular complexity index is 1190. The van der Waals surface area contributed by atoms with E-state index in [9.17, 15) is 19.2 Å². The number of nitrogens with one attached hydrogen (secondary N) is 4. The molecule has 0 aliphatic carbocycles. The van der Waals surface area contributed by atoms with Crippen molar-refractivity contribution < 1.29 is 23.9 Å². The van der Waals surface area contributed by atoms with E-state index >= 15 is 0 Å². The lowest BCUT2D eigenvalue weighted by atomic mass is 10.0. The number of amides is 4. The van der Waals surface area contributed by atoms with Crippen LogP contribution in [0.2, 0.25) is 0 Å². The molecule has 0 saturated heterocycles. The third-order valence-corrected chi connectivity index (χ3v) is 6.82. The second-order valence-electron chi connectivity index (χ2n) is 12.6. The third kappa shape index (κ3) is 14.0. The lowest BCUT2D eigenvalue weighted by Gasteiger charge is -2.26. The van der Waals surface area contributed by atoms with Crippen LogP contribution in [-0.4, -0.2) is 54.1 Å². The van der Waals surface area contributed by atoms with E-state index in [1.807, 2.05) is 51.1 Å². The van der Waals surface area contributed by atoms with Crippen molar-refractivity contribution in [3.63, 3.8) is 0 Å². The van der Waals surface area contributed by atoms with Crippen molar-refractivity contribution in [1.82, 2.24) is 21.3 Å². The minimum Gasteiger partial charge on any atom is -0.444 e. The molecule has 10 heteroatoms. The summed E-state index contributed by atoms with van der Waals surface area (Å²) in [5.41, 5.74) is 7.55. The van der Waals surface area contributed by atoms with Gasteiger partial charge in [0.1, 0.15) is 17.7 Å². The average molecular weight is 610 g/mol. The number of hydrogen-bond donors (Lipinski definition) is 5. The molecule has 2 aromatic carbocycles. The summed E-state index contributed by atoms with van der Waals surface area (Å²) < 4.78 is 5.36. The fourth-order valence-electron chi connectivity index (χ4n) is 4.58. The zero-order chi connectivity index (χ0) is 32.7. The summed E-state index contributed by atoms with van der Waals surface area (Å²) in [5.74, 6) is -1.42. The minimum atomic E-state index is -1.08. The first-order valence-electron chi connectivity index (χ1n) is 15.5. The van der Waals surface area contributed by atoms with Crippen LogP contribution in [0, 0.1) is 5.92 Å². The van der Waals surface area contributed by atoms with Gasteiger partial charge in [-0.25, -0.2) is 4.79 Å². The Balaban J connectivity index is 2.20. The van der Waals surface area contributed by atoms with Crippen molar-refractivity contribution in [2.75, 3.05) is 12.3 Å². The predicted octanol–water partition coefficient (Wildman–Crippen LogP) is 4.27. The Morgan fingerprint density at radius 2 is 1.45 bits per heavy atom. The van der Waals surface area contributed by atoms with Crippen LogP contribution in [0.1, 0.15) is 78.4 Å². The molecule has 2 rings (SSSR count). The van der Waals surface area contributed by atoms with E-state index in [2.05, 4.69) is 21.3 Å². The second kappa shape index (κ2) is 18.0. The monoisotopic (exact) mass is 609 g/mol.